The summed E-state index contributed by atoms with van der Waals surface area (Å²) in [5.41, 5.74) is 0. The van der Waals surface area contributed by atoms with Gasteiger partial charge in [-0.3, -0.25) is 0 Å². The molecule has 0 aliphatic carbocycles. The van der Waals surface area contributed by atoms with E-state index in [2.05, 4.69) is 12.6 Å². The zero-order valence-corrected chi connectivity index (χ0v) is 4.88. The molecule has 0 radical (unpaired) electrons. The maximum atomic E-state index is 6.76. The molecule has 0 aromatic rings. The molecule has 1 heteroatoms. The molecule has 0 aliphatic heterocycles. The van der Waals surface area contributed by atoms with Crippen LogP contribution in [0.15, 0.2) is 0 Å². The summed E-state index contributed by atoms with van der Waals surface area (Å²) in [6, 6.07) is 0. The van der Waals surface area contributed by atoms with Crippen LogP contribution in [0, 0.1) is 0 Å². The lowest BCUT2D eigenvalue weighted by Gasteiger charge is -1.85. The molecule has 0 N–H and O–H groups in total. The van der Waals surface area contributed by atoms with E-state index in [1.807, 2.05) is 0 Å². The standard InChI is InChI=1S/C5H12S/c1-2-3-4-5-6/h6H,2-5H2,1H3/i1T. The van der Waals surface area contributed by atoms with Crippen molar-refractivity contribution in [3.63, 3.8) is 0 Å². The smallest absolute Gasteiger partial charge is 0.0230 e. The van der Waals surface area contributed by atoms with E-state index in [0.717, 1.165) is 12.2 Å². The normalized spacial score (nSPS) is 11.2. The Balaban J connectivity index is 2.45. The molecule has 6 heavy (non-hydrogen) atoms. The molecule has 0 nitrogen and oxygen atoms in total. The third kappa shape index (κ3) is 4.35. The summed E-state index contributed by atoms with van der Waals surface area (Å²) in [6.45, 7) is 0.577. The average molecular weight is 106 g/mol. The Hall–Kier alpha value is 0.350. The number of rotatable bonds is 3. The maximum absolute atomic E-state index is 6.76. The summed E-state index contributed by atoms with van der Waals surface area (Å²) in [4.78, 5) is 0. The second-order valence-corrected chi connectivity index (χ2v) is 1.73. The van der Waals surface area contributed by atoms with Crippen LogP contribution in [0.4, 0.5) is 0 Å². The molecule has 0 aliphatic rings. The van der Waals surface area contributed by atoms with Gasteiger partial charge in [0.05, 0.1) is 0 Å². The minimum Gasteiger partial charge on any atom is -0.179 e. The molecule has 0 heterocycles. The summed E-state index contributed by atoms with van der Waals surface area (Å²) in [5.74, 6) is 0.972. The fourth-order valence-corrected chi connectivity index (χ4v) is 0.512. The van der Waals surface area contributed by atoms with Gasteiger partial charge in [-0.05, 0) is 12.2 Å². The van der Waals surface area contributed by atoms with Crippen LogP contribution in [0.2, 0.25) is 0 Å². The van der Waals surface area contributed by atoms with Gasteiger partial charge in [0, 0.05) is 1.37 Å². The second kappa shape index (κ2) is 5.35. The average Bonchev–Trinajstić information content (AvgIpc) is 1.69. The lowest BCUT2D eigenvalue weighted by Crippen LogP contribution is -1.70. The first-order valence-electron chi connectivity index (χ1n) is 3.02. The van der Waals surface area contributed by atoms with E-state index in [9.17, 15) is 0 Å². The van der Waals surface area contributed by atoms with Crippen molar-refractivity contribution in [2.24, 2.45) is 0 Å². The van der Waals surface area contributed by atoms with Crippen molar-refractivity contribution < 1.29 is 1.37 Å². The van der Waals surface area contributed by atoms with Crippen LogP contribution in [-0.4, -0.2) is 5.75 Å². The predicted octanol–water partition coefficient (Wildman–Crippen LogP) is 2.11. The van der Waals surface area contributed by atoms with E-state index < -0.39 is 0 Å². The van der Waals surface area contributed by atoms with Gasteiger partial charge in [-0.2, -0.15) is 12.6 Å². The lowest BCUT2D eigenvalue weighted by molar-refractivity contribution is 0.780. The highest BCUT2D eigenvalue weighted by Gasteiger charge is 1.75. The largest absolute Gasteiger partial charge is 0.179 e. The maximum Gasteiger partial charge on any atom is 0.0230 e. The SMILES string of the molecule is [3H]CCCCCS. The molecule has 38 valence electrons. The van der Waals surface area contributed by atoms with Crippen LogP contribution in [0.25, 0.3) is 0 Å². The summed E-state index contributed by atoms with van der Waals surface area (Å²) in [7, 11) is 0. The highest BCUT2D eigenvalue weighted by Crippen LogP contribution is 1.93. The van der Waals surface area contributed by atoms with Gasteiger partial charge >= 0.3 is 0 Å². The van der Waals surface area contributed by atoms with Crippen LogP contribution in [-0.2, 0) is 0 Å². The number of hydrogen-bond donors (Lipinski definition) is 1. The zero-order valence-electron chi connectivity index (χ0n) is 4.98. The molecule has 0 unspecified atom stereocenters. The molecular formula is C5H12S. The van der Waals surface area contributed by atoms with Crippen molar-refractivity contribution >= 4 is 12.6 Å². The first-order valence-corrected chi connectivity index (χ1v) is 2.95. The summed E-state index contributed by atoms with van der Waals surface area (Å²) < 4.78 is 6.76. The van der Waals surface area contributed by atoms with Crippen molar-refractivity contribution in [3.8, 4) is 0 Å². The minimum atomic E-state index is 0.577. The Morgan fingerprint density at radius 3 is 3.00 bits per heavy atom. The Bertz CT molecular complexity index is 27.3. The Kier molecular flexibility index (Phi) is 4.02. The van der Waals surface area contributed by atoms with Crippen LogP contribution in [0.5, 0.6) is 0 Å². The summed E-state index contributed by atoms with van der Waals surface area (Å²) >= 11 is 4.03. The van der Waals surface area contributed by atoms with Gasteiger partial charge < -0.3 is 0 Å². The van der Waals surface area contributed by atoms with Gasteiger partial charge in [-0.25, -0.2) is 0 Å². The van der Waals surface area contributed by atoms with Crippen LogP contribution in [0.1, 0.15) is 27.5 Å². The molecule has 0 saturated heterocycles. The topological polar surface area (TPSA) is 0 Å². The first-order chi connectivity index (χ1) is 3.41. The van der Waals surface area contributed by atoms with Gasteiger partial charge in [0.2, 0.25) is 0 Å². The molecule has 0 spiro atoms. The Morgan fingerprint density at radius 2 is 2.50 bits per heavy atom. The fourth-order valence-electron chi connectivity index (χ4n) is 0.289. The Morgan fingerprint density at radius 1 is 1.67 bits per heavy atom. The highest BCUT2D eigenvalue weighted by molar-refractivity contribution is 7.80. The highest BCUT2D eigenvalue weighted by atomic mass is 32.1. The van der Waals surface area contributed by atoms with E-state index >= 15 is 0 Å². The summed E-state index contributed by atoms with van der Waals surface area (Å²) in [6.07, 6.45) is 3.38. The molecule has 0 aromatic carbocycles. The van der Waals surface area contributed by atoms with Crippen LogP contribution < -0.4 is 0 Å². The first kappa shape index (κ1) is 4.51. The van der Waals surface area contributed by atoms with Gasteiger partial charge in [0.25, 0.3) is 0 Å². The third-order valence-corrected chi connectivity index (χ3v) is 0.974. The molecule has 0 aromatic heterocycles. The van der Waals surface area contributed by atoms with Crippen LogP contribution in [0.3, 0.4) is 0 Å². The van der Waals surface area contributed by atoms with Crippen LogP contribution >= 0.6 is 12.6 Å². The van der Waals surface area contributed by atoms with Crippen molar-refractivity contribution in [3.05, 3.63) is 0 Å². The quantitative estimate of drug-likeness (QED) is 0.413. The van der Waals surface area contributed by atoms with Crippen molar-refractivity contribution in [2.75, 3.05) is 5.75 Å². The van der Waals surface area contributed by atoms with Crippen molar-refractivity contribution in [1.29, 1.82) is 0 Å². The molecule has 0 atom stereocenters. The van der Waals surface area contributed by atoms with E-state index in [1.165, 1.54) is 12.8 Å². The van der Waals surface area contributed by atoms with Crippen molar-refractivity contribution in [1.82, 2.24) is 0 Å². The van der Waals surface area contributed by atoms with E-state index in [-0.39, 0.29) is 0 Å². The molecule has 0 amide bonds. The monoisotopic (exact) mass is 106 g/mol. The van der Waals surface area contributed by atoms with E-state index in [4.69, 9.17) is 1.37 Å². The van der Waals surface area contributed by atoms with E-state index in [0.29, 0.717) is 6.90 Å². The molecule has 0 bridgehead atoms. The molecule has 0 fully saturated rings. The van der Waals surface area contributed by atoms with Gasteiger partial charge in [0.15, 0.2) is 0 Å². The molecule has 0 rings (SSSR count). The Labute approximate surface area is 46.8 Å². The fraction of sp³-hybridized carbons (Fsp3) is 1.00. The second-order valence-electron chi connectivity index (χ2n) is 1.28. The van der Waals surface area contributed by atoms with Crippen molar-refractivity contribution in [2.45, 2.75) is 26.2 Å². The zero-order chi connectivity index (χ0) is 5.54. The number of unbranched alkanes of at least 4 members (excludes halogenated alkanes) is 2. The third-order valence-electron chi connectivity index (χ3n) is 0.658. The van der Waals surface area contributed by atoms with E-state index in [1.54, 1.807) is 0 Å². The lowest BCUT2D eigenvalue weighted by atomic mass is 10.3. The van der Waals surface area contributed by atoms with Gasteiger partial charge in [0.1, 0.15) is 0 Å². The van der Waals surface area contributed by atoms with Gasteiger partial charge in [-0.15, -0.1) is 0 Å². The number of thiol groups is 1. The summed E-state index contributed by atoms with van der Waals surface area (Å²) in [5, 5.41) is 0. The van der Waals surface area contributed by atoms with Gasteiger partial charge in [-0.1, -0.05) is 19.7 Å². The minimum absolute atomic E-state index is 0.577. The number of hydrogen-bond acceptors (Lipinski definition) is 1. The predicted molar refractivity (Wildman–Crippen MR) is 33.4 cm³/mol. The molecule has 0 saturated carbocycles. The molecular weight excluding hydrogens is 92.1 g/mol.